The number of hydrogen-bond acceptors (Lipinski definition) is 5. The molecule has 6 aromatic rings. The van der Waals surface area contributed by atoms with Crippen LogP contribution in [0.3, 0.4) is 0 Å². The number of halogens is 1. The maximum absolute atomic E-state index is 14.4. The van der Waals surface area contributed by atoms with Crippen molar-refractivity contribution in [2.24, 2.45) is 0 Å². The molecule has 3 aromatic heterocycles. The van der Waals surface area contributed by atoms with Crippen LogP contribution < -0.4 is 5.56 Å². The first-order chi connectivity index (χ1) is 17.4. The van der Waals surface area contributed by atoms with Gasteiger partial charge in [0.2, 0.25) is 0 Å². The van der Waals surface area contributed by atoms with Gasteiger partial charge in [0, 0.05) is 27.5 Å². The molecule has 3 aromatic carbocycles. The Bertz CT molecular complexity index is 1850. The number of carboxylic acid groups (broad SMARTS) is 1. The third-order valence-electron chi connectivity index (χ3n) is 6.31. The Kier molecular flexibility index (Phi) is 5.15. The lowest BCUT2D eigenvalue weighted by Gasteiger charge is -2.11. The summed E-state index contributed by atoms with van der Waals surface area (Å²) in [4.78, 5) is 29.7. The summed E-state index contributed by atoms with van der Waals surface area (Å²) >= 11 is 1.50. The van der Waals surface area contributed by atoms with Gasteiger partial charge in [0.25, 0.3) is 5.56 Å². The minimum Gasteiger partial charge on any atom is -0.480 e. The molecule has 0 bridgehead atoms. The highest BCUT2D eigenvalue weighted by Crippen LogP contribution is 2.37. The van der Waals surface area contributed by atoms with Crippen molar-refractivity contribution in [2.75, 3.05) is 0 Å². The molecule has 0 aliphatic rings. The molecule has 0 unspecified atom stereocenters. The summed E-state index contributed by atoms with van der Waals surface area (Å²) in [6.07, 6.45) is 0. The lowest BCUT2D eigenvalue weighted by Crippen LogP contribution is -2.24. The molecule has 0 radical (unpaired) electrons. The van der Waals surface area contributed by atoms with Crippen molar-refractivity contribution in [1.82, 2.24) is 19.3 Å². The highest BCUT2D eigenvalue weighted by atomic mass is 32.1. The van der Waals surface area contributed by atoms with Crippen molar-refractivity contribution < 1.29 is 14.3 Å². The number of thiazole rings is 1. The van der Waals surface area contributed by atoms with E-state index in [9.17, 15) is 19.1 Å². The summed E-state index contributed by atoms with van der Waals surface area (Å²) in [6, 6.07) is 19.2. The van der Waals surface area contributed by atoms with E-state index in [0.29, 0.717) is 38.6 Å². The molecule has 0 saturated carbocycles. The fourth-order valence-corrected chi connectivity index (χ4v) is 5.68. The van der Waals surface area contributed by atoms with E-state index in [-0.39, 0.29) is 18.6 Å². The number of aromatic nitrogens is 4. The Morgan fingerprint density at radius 3 is 2.56 bits per heavy atom. The minimum atomic E-state index is -1.01. The number of rotatable bonds is 5. The molecular formula is C27H19FN4O3S. The van der Waals surface area contributed by atoms with Crippen LogP contribution in [0.4, 0.5) is 4.39 Å². The average molecular weight is 499 g/mol. The zero-order chi connectivity index (χ0) is 25.0. The van der Waals surface area contributed by atoms with Crippen molar-refractivity contribution in [2.45, 2.75) is 20.0 Å². The minimum absolute atomic E-state index is 0.178. The number of benzene rings is 3. The summed E-state index contributed by atoms with van der Waals surface area (Å²) in [6.45, 7) is 1.68. The highest BCUT2D eigenvalue weighted by Gasteiger charge is 2.22. The number of carboxylic acids is 1. The van der Waals surface area contributed by atoms with E-state index in [1.54, 1.807) is 35.8 Å². The van der Waals surface area contributed by atoms with Crippen LogP contribution in [-0.2, 0) is 17.9 Å². The van der Waals surface area contributed by atoms with Crippen LogP contribution in [0.25, 0.3) is 43.1 Å². The Labute approximate surface area is 207 Å². The molecule has 9 heteroatoms. The number of para-hydroxylation sites is 1. The van der Waals surface area contributed by atoms with Crippen molar-refractivity contribution in [3.8, 4) is 11.3 Å². The Hall–Kier alpha value is -4.37. The first kappa shape index (κ1) is 22.1. The van der Waals surface area contributed by atoms with Gasteiger partial charge in [-0.15, -0.1) is 11.3 Å². The van der Waals surface area contributed by atoms with E-state index in [1.807, 2.05) is 30.3 Å². The molecule has 0 aliphatic heterocycles. The highest BCUT2D eigenvalue weighted by molar-refractivity contribution is 7.18. The summed E-state index contributed by atoms with van der Waals surface area (Å²) in [5.74, 6) is -1.45. The zero-order valence-electron chi connectivity index (χ0n) is 19.1. The molecule has 0 fully saturated rings. The van der Waals surface area contributed by atoms with E-state index in [0.717, 1.165) is 15.2 Å². The molecule has 0 spiro atoms. The number of fused-ring (bicyclic) bond motifs is 3. The summed E-state index contributed by atoms with van der Waals surface area (Å²) in [7, 11) is 0. The first-order valence-electron chi connectivity index (χ1n) is 11.3. The van der Waals surface area contributed by atoms with Gasteiger partial charge in [-0.25, -0.2) is 14.1 Å². The van der Waals surface area contributed by atoms with Crippen LogP contribution in [0.1, 0.15) is 10.7 Å². The SMILES string of the molecule is Cc1c(-c2nn(Cc3nc4ccccc4s3)c(=O)c3ccccc23)c2cc(F)ccc2n1CC(=O)O. The second-order valence-corrected chi connectivity index (χ2v) is 9.65. The average Bonchev–Trinajstić information content (AvgIpc) is 3.38. The monoisotopic (exact) mass is 498 g/mol. The predicted octanol–water partition coefficient (Wildman–Crippen LogP) is 5.21. The normalized spacial score (nSPS) is 11.6. The smallest absolute Gasteiger partial charge is 0.323 e. The van der Waals surface area contributed by atoms with Crippen LogP contribution >= 0.6 is 11.3 Å². The third-order valence-corrected chi connectivity index (χ3v) is 7.33. The number of nitrogens with zero attached hydrogens (tertiary/aromatic N) is 4. The van der Waals surface area contributed by atoms with E-state index >= 15 is 0 Å². The van der Waals surface area contributed by atoms with Gasteiger partial charge >= 0.3 is 5.97 Å². The molecule has 178 valence electrons. The van der Waals surface area contributed by atoms with Crippen LogP contribution in [-0.4, -0.2) is 30.4 Å². The van der Waals surface area contributed by atoms with Crippen molar-refractivity contribution in [1.29, 1.82) is 0 Å². The molecule has 3 heterocycles. The van der Waals surface area contributed by atoms with Crippen LogP contribution in [0, 0.1) is 12.7 Å². The fraction of sp³-hybridized carbons (Fsp3) is 0.111. The largest absolute Gasteiger partial charge is 0.480 e. The summed E-state index contributed by atoms with van der Waals surface area (Å²) < 4.78 is 18.4. The number of hydrogen-bond donors (Lipinski definition) is 1. The van der Waals surface area contributed by atoms with E-state index < -0.39 is 11.8 Å². The quantitative estimate of drug-likeness (QED) is 0.353. The van der Waals surface area contributed by atoms with Gasteiger partial charge in [0.1, 0.15) is 23.1 Å². The van der Waals surface area contributed by atoms with Gasteiger partial charge in [-0.05, 0) is 43.3 Å². The molecule has 0 aliphatic carbocycles. The van der Waals surface area contributed by atoms with Crippen molar-refractivity contribution >= 4 is 49.2 Å². The zero-order valence-corrected chi connectivity index (χ0v) is 19.9. The molecule has 0 amide bonds. The summed E-state index contributed by atoms with van der Waals surface area (Å²) in [5.41, 5.74) is 2.90. The van der Waals surface area contributed by atoms with Crippen LogP contribution in [0.2, 0.25) is 0 Å². The Morgan fingerprint density at radius 1 is 1.03 bits per heavy atom. The van der Waals surface area contributed by atoms with Gasteiger partial charge in [-0.2, -0.15) is 5.10 Å². The lowest BCUT2D eigenvalue weighted by molar-refractivity contribution is -0.137. The molecular weight excluding hydrogens is 479 g/mol. The lowest BCUT2D eigenvalue weighted by atomic mass is 10.0. The van der Waals surface area contributed by atoms with Crippen LogP contribution in [0.5, 0.6) is 0 Å². The molecule has 6 rings (SSSR count). The predicted molar refractivity (Wildman–Crippen MR) is 138 cm³/mol. The molecule has 0 atom stereocenters. The van der Waals surface area contributed by atoms with Crippen molar-refractivity contribution in [3.05, 3.63) is 93.6 Å². The van der Waals surface area contributed by atoms with Gasteiger partial charge in [-0.1, -0.05) is 30.3 Å². The molecule has 7 nitrogen and oxygen atoms in total. The maximum Gasteiger partial charge on any atom is 0.323 e. The van der Waals surface area contributed by atoms with Crippen LogP contribution in [0.15, 0.2) is 71.5 Å². The second kappa shape index (κ2) is 8.39. The van der Waals surface area contributed by atoms with E-state index in [2.05, 4.69) is 4.98 Å². The van der Waals surface area contributed by atoms with E-state index in [1.165, 1.54) is 28.2 Å². The molecule has 36 heavy (non-hydrogen) atoms. The standard InChI is InChI=1S/C27H19FN4O3S/c1-15-25(19-12-16(28)10-11-21(19)31(15)14-24(33)34)26-17-6-2-3-7-18(17)27(35)32(30-26)13-23-29-20-8-4-5-9-22(20)36-23/h2-12H,13-14H2,1H3,(H,33,34). The molecule has 1 N–H and O–H groups in total. The third kappa shape index (κ3) is 3.56. The topological polar surface area (TPSA) is 90.0 Å². The Morgan fingerprint density at radius 2 is 1.78 bits per heavy atom. The second-order valence-electron chi connectivity index (χ2n) is 8.53. The first-order valence-corrected chi connectivity index (χ1v) is 12.1. The fourth-order valence-electron chi connectivity index (χ4n) is 4.73. The number of carbonyl (C=O) groups is 1. The van der Waals surface area contributed by atoms with Gasteiger partial charge < -0.3 is 9.67 Å². The van der Waals surface area contributed by atoms with Gasteiger partial charge in [-0.3, -0.25) is 9.59 Å². The maximum atomic E-state index is 14.4. The van der Waals surface area contributed by atoms with Gasteiger partial charge in [0.05, 0.1) is 22.1 Å². The van der Waals surface area contributed by atoms with E-state index in [4.69, 9.17) is 5.10 Å². The van der Waals surface area contributed by atoms with Gasteiger partial charge in [0.15, 0.2) is 0 Å². The van der Waals surface area contributed by atoms with Crippen molar-refractivity contribution in [3.63, 3.8) is 0 Å². The summed E-state index contributed by atoms with van der Waals surface area (Å²) in [5, 5.41) is 16.6. The molecule has 0 saturated heterocycles. The Balaban J connectivity index is 1.63. The number of aliphatic carboxylic acids is 1.